The van der Waals surface area contributed by atoms with Gasteiger partial charge in [0.15, 0.2) is 11.6 Å². The van der Waals surface area contributed by atoms with E-state index in [1.54, 1.807) is 24.1 Å². The summed E-state index contributed by atoms with van der Waals surface area (Å²) in [4.78, 5) is 19.9. The monoisotopic (exact) mass is 655 g/mol. The van der Waals surface area contributed by atoms with E-state index >= 15 is 0 Å². The third-order valence-electron chi connectivity index (χ3n) is 7.54. The van der Waals surface area contributed by atoms with Crippen LogP contribution >= 0.6 is 24.8 Å². The maximum atomic E-state index is 14.1. The Labute approximate surface area is 262 Å². The van der Waals surface area contributed by atoms with Crippen LogP contribution in [0.2, 0.25) is 0 Å². The summed E-state index contributed by atoms with van der Waals surface area (Å²) in [6.07, 6.45) is -4.23. The average molecular weight is 657 g/mol. The number of ether oxygens (including phenoxy) is 4. The molecule has 0 aromatic heterocycles. The molecule has 2 atom stereocenters. The number of carbonyl (C=O) groups is 1. The molecule has 0 spiro atoms. The minimum absolute atomic E-state index is 0. The van der Waals surface area contributed by atoms with Crippen LogP contribution in [0, 0.1) is 5.82 Å². The lowest BCUT2D eigenvalue weighted by molar-refractivity contribution is -0.137. The molecular formula is C29H39Cl2F4N3O5. The Morgan fingerprint density at radius 2 is 1.67 bits per heavy atom. The second kappa shape index (κ2) is 16.6. The van der Waals surface area contributed by atoms with Crippen LogP contribution in [0.3, 0.4) is 0 Å². The molecule has 0 radical (unpaired) electrons. The van der Waals surface area contributed by atoms with Gasteiger partial charge in [0.2, 0.25) is 0 Å². The Hall–Kier alpha value is -2.35. The standard InChI is InChI=1S/C29H37F4N3O5.2ClH/c1-38-19-25-18-35(10-11-41-25)7-6-34-8-9-36(23(17-34)12-20-4-5-26(30)27(13-20)40-3)28(37)21-14-22(29(31,32)33)16-24(15-21)39-2;;/h4-5,13-16,23,25H,6-12,17-19H2,1-3H3;2*1H/t23-,25+;;/m1../s1. The molecule has 2 aromatic carbocycles. The van der Waals surface area contributed by atoms with Gasteiger partial charge in [0.05, 0.1) is 39.1 Å². The van der Waals surface area contributed by atoms with Gasteiger partial charge in [0.1, 0.15) is 5.75 Å². The molecule has 43 heavy (non-hydrogen) atoms. The molecule has 2 aromatic rings. The number of piperazine rings is 1. The van der Waals surface area contributed by atoms with E-state index in [0.717, 1.165) is 43.9 Å². The van der Waals surface area contributed by atoms with Crippen molar-refractivity contribution in [3.05, 3.63) is 58.9 Å². The van der Waals surface area contributed by atoms with Gasteiger partial charge in [0.25, 0.3) is 5.91 Å². The highest BCUT2D eigenvalue weighted by atomic mass is 35.5. The molecule has 4 rings (SSSR count). The fourth-order valence-corrected chi connectivity index (χ4v) is 5.39. The molecule has 2 fully saturated rings. The van der Waals surface area contributed by atoms with Crippen molar-refractivity contribution < 1.29 is 41.3 Å². The van der Waals surface area contributed by atoms with E-state index in [1.165, 1.54) is 26.4 Å². The number of halogens is 6. The number of rotatable bonds is 10. The number of amides is 1. The minimum Gasteiger partial charge on any atom is -0.497 e. The lowest BCUT2D eigenvalue weighted by Gasteiger charge is -2.43. The fraction of sp³-hybridized carbons (Fsp3) is 0.552. The Bertz CT molecular complexity index is 1190. The van der Waals surface area contributed by atoms with E-state index in [4.69, 9.17) is 18.9 Å². The first kappa shape index (κ1) is 36.8. The lowest BCUT2D eigenvalue weighted by Crippen LogP contribution is -2.57. The third kappa shape index (κ3) is 9.82. The molecule has 2 saturated heterocycles. The highest BCUT2D eigenvalue weighted by Crippen LogP contribution is 2.33. The molecule has 0 unspecified atom stereocenters. The van der Waals surface area contributed by atoms with Crippen molar-refractivity contribution in [2.45, 2.75) is 24.7 Å². The Morgan fingerprint density at radius 1 is 0.953 bits per heavy atom. The second-order valence-electron chi connectivity index (χ2n) is 10.3. The number of carbonyl (C=O) groups excluding carboxylic acids is 1. The van der Waals surface area contributed by atoms with E-state index in [-0.39, 0.29) is 54.0 Å². The van der Waals surface area contributed by atoms with Crippen molar-refractivity contribution in [3.63, 3.8) is 0 Å². The highest BCUT2D eigenvalue weighted by molar-refractivity contribution is 5.95. The van der Waals surface area contributed by atoms with Gasteiger partial charge >= 0.3 is 6.18 Å². The summed E-state index contributed by atoms with van der Waals surface area (Å²) in [6.45, 7) is 5.70. The van der Waals surface area contributed by atoms with E-state index in [0.29, 0.717) is 39.3 Å². The van der Waals surface area contributed by atoms with Crippen LogP contribution in [0.1, 0.15) is 21.5 Å². The van der Waals surface area contributed by atoms with Gasteiger partial charge in [-0.25, -0.2) is 4.39 Å². The van der Waals surface area contributed by atoms with Crippen molar-refractivity contribution >= 4 is 30.7 Å². The molecule has 2 heterocycles. The maximum absolute atomic E-state index is 14.1. The normalized spacial score (nSPS) is 19.7. The minimum atomic E-state index is -4.63. The van der Waals surface area contributed by atoms with Gasteiger partial charge in [-0.3, -0.25) is 14.6 Å². The summed E-state index contributed by atoms with van der Waals surface area (Å²) in [5, 5.41) is 0. The molecule has 2 aliphatic heterocycles. The Balaban J connectivity index is 0.00000323. The fourth-order valence-electron chi connectivity index (χ4n) is 5.39. The van der Waals surface area contributed by atoms with Crippen LogP contribution in [-0.2, 0) is 22.1 Å². The average Bonchev–Trinajstić information content (AvgIpc) is 2.96. The molecule has 14 heteroatoms. The number of hydrogen-bond acceptors (Lipinski definition) is 7. The number of alkyl halides is 3. The number of nitrogens with zero attached hydrogens (tertiary/aromatic N) is 3. The molecule has 0 N–H and O–H groups in total. The van der Waals surface area contributed by atoms with E-state index in [1.807, 2.05) is 0 Å². The van der Waals surface area contributed by atoms with Gasteiger partial charge in [-0.1, -0.05) is 6.07 Å². The molecule has 242 valence electrons. The van der Waals surface area contributed by atoms with E-state index in [9.17, 15) is 22.4 Å². The van der Waals surface area contributed by atoms with Crippen LogP contribution in [0.25, 0.3) is 0 Å². The van der Waals surface area contributed by atoms with Gasteiger partial charge in [-0.15, -0.1) is 24.8 Å². The van der Waals surface area contributed by atoms with Crippen molar-refractivity contribution in [2.75, 3.05) is 80.4 Å². The van der Waals surface area contributed by atoms with E-state index < -0.39 is 23.5 Å². The number of hydrogen-bond donors (Lipinski definition) is 0. The van der Waals surface area contributed by atoms with Crippen molar-refractivity contribution in [1.82, 2.24) is 14.7 Å². The Morgan fingerprint density at radius 3 is 2.33 bits per heavy atom. The zero-order valence-electron chi connectivity index (χ0n) is 24.4. The zero-order chi connectivity index (χ0) is 29.6. The van der Waals surface area contributed by atoms with Crippen LogP contribution < -0.4 is 9.47 Å². The van der Waals surface area contributed by atoms with Gasteiger partial charge < -0.3 is 23.8 Å². The quantitative estimate of drug-likeness (QED) is 0.351. The molecule has 0 aliphatic carbocycles. The summed E-state index contributed by atoms with van der Waals surface area (Å²) < 4.78 is 75.9. The second-order valence-corrected chi connectivity index (χ2v) is 10.3. The first-order valence-corrected chi connectivity index (χ1v) is 13.6. The molecule has 2 aliphatic rings. The first-order valence-electron chi connectivity index (χ1n) is 13.6. The number of benzene rings is 2. The van der Waals surface area contributed by atoms with E-state index in [2.05, 4.69) is 9.80 Å². The summed E-state index contributed by atoms with van der Waals surface area (Å²) in [5.41, 5.74) is -0.287. The van der Waals surface area contributed by atoms with Crippen molar-refractivity contribution in [1.29, 1.82) is 0 Å². The third-order valence-corrected chi connectivity index (χ3v) is 7.54. The van der Waals surface area contributed by atoms with Gasteiger partial charge in [-0.05, 0) is 42.3 Å². The molecule has 0 bridgehead atoms. The first-order chi connectivity index (χ1) is 19.6. The predicted octanol–water partition coefficient (Wildman–Crippen LogP) is 4.42. The highest BCUT2D eigenvalue weighted by Gasteiger charge is 2.35. The van der Waals surface area contributed by atoms with Crippen LogP contribution in [0.4, 0.5) is 17.6 Å². The summed E-state index contributed by atoms with van der Waals surface area (Å²) in [6, 6.07) is 7.25. The SMILES string of the molecule is COC[C@@H]1CN(CCN2CCN(C(=O)c3cc(OC)cc(C(F)(F)F)c3)[C@H](Cc3ccc(F)c(OC)c3)C2)CCO1.Cl.Cl. The molecular weight excluding hydrogens is 617 g/mol. The smallest absolute Gasteiger partial charge is 0.416 e. The van der Waals surface area contributed by atoms with Crippen molar-refractivity contribution in [3.8, 4) is 11.5 Å². The van der Waals surface area contributed by atoms with Crippen LogP contribution in [0.15, 0.2) is 36.4 Å². The molecule has 1 amide bonds. The summed E-state index contributed by atoms with van der Waals surface area (Å²) in [5.74, 6) is -0.959. The maximum Gasteiger partial charge on any atom is 0.416 e. The zero-order valence-corrected chi connectivity index (χ0v) is 26.0. The predicted molar refractivity (Wildman–Crippen MR) is 158 cm³/mol. The number of methoxy groups -OCH3 is 3. The summed E-state index contributed by atoms with van der Waals surface area (Å²) >= 11 is 0. The van der Waals surface area contributed by atoms with Gasteiger partial charge in [0, 0.05) is 64.5 Å². The molecule has 8 nitrogen and oxygen atoms in total. The van der Waals surface area contributed by atoms with Crippen LogP contribution in [-0.4, -0.2) is 113 Å². The number of morpholine rings is 1. The Kier molecular flexibility index (Phi) is 14.3. The lowest BCUT2D eigenvalue weighted by atomic mass is 9.99. The summed E-state index contributed by atoms with van der Waals surface area (Å²) in [7, 11) is 4.29. The topological polar surface area (TPSA) is 63.7 Å². The molecule has 0 saturated carbocycles. The van der Waals surface area contributed by atoms with Crippen molar-refractivity contribution in [2.24, 2.45) is 0 Å². The van der Waals surface area contributed by atoms with Gasteiger partial charge in [-0.2, -0.15) is 13.2 Å². The van der Waals surface area contributed by atoms with Crippen LogP contribution in [0.5, 0.6) is 11.5 Å². The largest absolute Gasteiger partial charge is 0.497 e.